The smallest absolute Gasteiger partial charge is 0.305 e. The van der Waals surface area contributed by atoms with Gasteiger partial charge in [0.25, 0.3) is 0 Å². The van der Waals surface area contributed by atoms with Crippen molar-refractivity contribution in [2.75, 3.05) is 0 Å². The van der Waals surface area contributed by atoms with E-state index in [4.69, 9.17) is 5.11 Å². The van der Waals surface area contributed by atoms with Gasteiger partial charge >= 0.3 is 5.97 Å². The van der Waals surface area contributed by atoms with Crippen LogP contribution in [-0.4, -0.2) is 31.3 Å². The minimum absolute atomic E-state index is 0.00356. The molecule has 2 aromatic rings. The molecule has 1 N–H and O–H groups in total. The van der Waals surface area contributed by atoms with Gasteiger partial charge in [-0.2, -0.15) is 0 Å². The molecule has 1 heterocycles. The number of carbonyl (C=O) groups is 1. The molecule has 0 atom stereocenters. The van der Waals surface area contributed by atoms with E-state index in [0.29, 0.717) is 5.82 Å². The van der Waals surface area contributed by atoms with E-state index >= 15 is 0 Å². The zero-order valence-electron chi connectivity index (χ0n) is 10.5. The van der Waals surface area contributed by atoms with Crippen molar-refractivity contribution in [2.24, 2.45) is 0 Å². The van der Waals surface area contributed by atoms with Crippen molar-refractivity contribution < 1.29 is 9.90 Å². The average molecular weight is 258 g/mol. The highest BCUT2D eigenvalue weighted by atomic mass is 16.4. The molecule has 0 aliphatic rings. The van der Waals surface area contributed by atoms with Crippen LogP contribution in [0, 0.1) is 6.92 Å². The molecule has 0 amide bonds. The van der Waals surface area contributed by atoms with E-state index in [1.54, 1.807) is 6.08 Å². The number of rotatable bonds is 5. The first-order valence-electron chi connectivity index (χ1n) is 5.88. The summed E-state index contributed by atoms with van der Waals surface area (Å²) in [5, 5.41) is 19.8. The Labute approximate surface area is 110 Å². The lowest BCUT2D eigenvalue weighted by Crippen LogP contribution is -2.07. The van der Waals surface area contributed by atoms with Crippen molar-refractivity contribution in [3.05, 3.63) is 41.2 Å². The van der Waals surface area contributed by atoms with Crippen LogP contribution in [0.3, 0.4) is 0 Å². The number of aromatic nitrogens is 4. The molecule has 98 valence electrons. The number of carboxylic acid groups (broad SMARTS) is 1. The zero-order valence-corrected chi connectivity index (χ0v) is 10.5. The fourth-order valence-electron chi connectivity index (χ4n) is 1.54. The summed E-state index contributed by atoms with van der Waals surface area (Å²) in [5.74, 6) is -0.328. The molecule has 1 aromatic carbocycles. The normalized spacial score (nSPS) is 11.0. The molecule has 1 aromatic heterocycles. The largest absolute Gasteiger partial charge is 0.481 e. The molecule has 0 spiro atoms. The molecule has 0 unspecified atom stereocenters. The molecule has 2 rings (SSSR count). The third-order valence-corrected chi connectivity index (χ3v) is 2.60. The molecule has 0 aliphatic carbocycles. The Hall–Kier alpha value is -2.50. The van der Waals surface area contributed by atoms with Gasteiger partial charge in [-0.3, -0.25) is 4.79 Å². The highest BCUT2D eigenvalue weighted by Gasteiger charge is 2.04. The number of tetrazole rings is 1. The predicted molar refractivity (Wildman–Crippen MR) is 70.2 cm³/mol. The Morgan fingerprint density at radius 3 is 2.74 bits per heavy atom. The minimum Gasteiger partial charge on any atom is -0.481 e. The number of aliphatic carboxylic acids is 1. The predicted octanol–water partition coefficient (Wildman–Crippen LogP) is 1.63. The number of benzene rings is 1. The maximum atomic E-state index is 10.5. The fourth-order valence-corrected chi connectivity index (χ4v) is 1.54. The molecule has 0 fully saturated rings. The average Bonchev–Trinajstić information content (AvgIpc) is 2.83. The van der Waals surface area contributed by atoms with Crippen molar-refractivity contribution in [1.29, 1.82) is 0 Å². The first-order chi connectivity index (χ1) is 9.15. The molecular weight excluding hydrogens is 244 g/mol. The molecule has 0 radical (unpaired) electrons. The topological polar surface area (TPSA) is 80.9 Å². The van der Waals surface area contributed by atoms with Crippen molar-refractivity contribution in [1.82, 2.24) is 20.2 Å². The van der Waals surface area contributed by atoms with Gasteiger partial charge in [-0.15, -0.1) is 5.10 Å². The number of hydrogen-bond donors (Lipinski definition) is 1. The lowest BCUT2D eigenvalue weighted by atomic mass is 10.1. The van der Waals surface area contributed by atoms with Crippen molar-refractivity contribution in [3.63, 3.8) is 0 Å². The third-order valence-electron chi connectivity index (χ3n) is 2.60. The maximum absolute atomic E-state index is 10.5. The molecule has 0 saturated carbocycles. The second-order valence-corrected chi connectivity index (χ2v) is 4.15. The Kier molecular flexibility index (Phi) is 4.02. The van der Waals surface area contributed by atoms with Crippen LogP contribution >= 0.6 is 0 Å². The lowest BCUT2D eigenvalue weighted by molar-refractivity contribution is -0.137. The summed E-state index contributed by atoms with van der Waals surface area (Å²) in [4.78, 5) is 10.5. The number of aryl methyl sites for hydroxylation is 2. The van der Waals surface area contributed by atoms with Gasteiger partial charge in [0.05, 0.1) is 13.0 Å². The molecule has 0 aliphatic heterocycles. The summed E-state index contributed by atoms with van der Waals surface area (Å²) in [6, 6.07) is 8.04. The van der Waals surface area contributed by atoms with E-state index in [1.807, 2.05) is 37.3 Å². The van der Waals surface area contributed by atoms with Gasteiger partial charge < -0.3 is 5.11 Å². The Morgan fingerprint density at radius 2 is 2.05 bits per heavy atom. The van der Waals surface area contributed by atoms with Crippen molar-refractivity contribution in [3.8, 4) is 0 Å². The number of nitrogens with zero attached hydrogens (tertiary/aromatic N) is 4. The summed E-state index contributed by atoms with van der Waals surface area (Å²) < 4.78 is 1.47. The second kappa shape index (κ2) is 5.90. The molecule has 19 heavy (non-hydrogen) atoms. The van der Waals surface area contributed by atoms with E-state index in [2.05, 4.69) is 15.5 Å². The SMILES string of the molecule is Cc1ccc(/C=C/c2nnnn2CCC(=O)O)cc1. The zero-order chi connectivity index (χ0) is 13.7. The summed E-state index contributed by atoms with van der Waals surface area (Å²) >= 11 is 0. The van der Waals surface area contributed by atoms with Gasteiger partial charge in [0.1, 0.15) is 0 Å². The van der Waals surface area contributed by atoms with Gasteiger partial charge in [-0.25, -0.2) is 4.68 Å². The third kappa shape index (κ3) is 3.74. The van der Waals surface area contributed by atoms with Crippen LogP contribution in [0.4, 0.5) is 0 Å². The summed E-state index contributed by atoms with van der Waals surface area (Å²) in [6.07, 6.45) is 3.66. The highest BCUT2D eigenvalue weighted by Crippen LogP contribution is 2.07. The highest BCUT2D eigenvalue weighted by molar-refractivity contribution is 5.67. The van der Waals surface area contributed by atoms with Gasteiger partial charge in [0, 0.05) is 0 Å². The fraction of sp³-hybridized carbons (Fsp3) is 0.231. The number of hydrogen-bond acceptors (Lipinski definition) is 4. The quantitative estimate of drug-likeness (QED) is 0.881. The van der Waals surface area contributed by atoms with Crippen LogP contribution < -0.4 is 0 Å². The van der Waals surface area contributed by atoms with Gasteiger partial charge in [0.2, 0.25) is 0 Å². The number of carboxylic acids is 1. The maximum Gasteiger partial charge on any atom is 0.305 e. The van der Waals surface area contributed by atoms with E-state index in [9.17, 15) is 4.79 Å². The van der Waals surface area contributed by atoms with Crippen molar-refractivity contribution >= 4 is 18.1 Å². The summed E-state index contributed by atoms with van der Waals surface area (Å²) in [6.45, 7) is 2.29. The van der Waals surface area contributed by atoms with Crippen LogP contribution in [0.2, 0.25) is 0 Å². The van der Waals surface area contributed by atoms with Gasteiger partial charge in [-0.1, -0.05) is 35.9 Å². The van der Waals surface area contributed by atoms with Crippen molar-refractivity contribution in [2.45, 2.75) is 19.9 Å². The first-order valence-corrected chi connectivity index (χ1v) is 5.88. The van der Waals surface area contributed by atoms with E-state index in [-0.39, 0.29) is 13.0 Å². The van der Waals surface area contributed by atoms with Crippen LogP contribution in [0.1, 0.15) is 23.4 Å². The first kappa shape index (κ1) is 12.9. The molecular formula is C13H14N4O2. The van der Waals surface area contributed by atoms with Crippen LogP contribution in [0.25, 0.3) is 12.2 Å². The summed E-state index contributed by atoms with van der Waals surface area (Å²) in [7, 11) is 0. The van der Waals surface area contributed by atoms with Gasteiger partial charge in [-0.05, 0) is 29.0 Å². The molecule has 6 heteroatoms. The van der Waals surface area contributed by atoms with E-state index in [1.165, 1.54) is 10.2 Å². The molecule has 0 bridgehead atoms. The lowest BCUT2D eigenvalue weighted by Gasteiger charge is -1.98. The summed E-state index contributed by atoms with van der Waals surface area (Å²) in [5.41, 5.74) is 2.24. The van der Waals surface area contributed by atoms with E-state index in [0.717, 1.165) is 5.56 Å². The monoisotopic (exact) mass is 258 g/mol. The minimum atomic E-state index is -0.871. The van der Waals surface area contributed by atoms with Gasteiger partial charge in [0.15, 0.2) is 5.82 Å². The van der Waals surface area contributed by atoms with Crippen LogP contribution in [-0.2, 0) is 11.3 Å². The standard InChI is InChI=1S/C13H14N4O2/c1-10-2-4-11(5-3-10)6-7-12-14-15-16-17(12)9-8-13(18)19/h2-7H,8-9H2,1H3,(H,18,19)/b7-6+. The Balaban J connectivity index is 2.08. The second-order valence-electron chi connectivity index (χ2n) is 4.15. The Bertz CT molecular complexity index is 587. The molecule has 0 saturated heterocycles. The Morgan fingerprint density at radius 1 is 1.32 bits per heavy atom. The van der Waals surface area contributed by atoms with Crippen LogP contribution in [0.5, 0.6) is 0 Å². The van der Waals surface area contributed by atoms with E-state index < -0.39 is 5.97 Å². The molecule has 6 nitrogen and oxygen atoms in total. The van der Waals surface area contributed by atoms with Crippen LogP contribution in [0.15, 0.2) is 24.3 Å².